The lowest BCUT2D eigenvalue weighted by molar-refractivity contribution is -0.147. The van der Waals surface area contributed by atoms with Crippen LogP contribution in [0.1, 0.15) is 13.3 Å². The summed E-state index contributed by atoms with van der Waals surface area (Å²) in [6.45, 7) is 3.34. The van der Waals surface area contributed by atoms with Gasteiger partial charge in [0.05, 0.1) is 0 Å². The molecule has 0 amide bonds. The summed E-state index contributed by atoms with van der Waals surface area (Å²) in [6.07, 6.45) is 0.912. The van der Waals surface area contributed by atoms with E-state index in [2.05, 4.69) is 21.2 Å². The lowest BCUT2D eigenvalue weighted by Crippen LogP contribution is -2.49. The number of ether oxygens (including phenoxy) is 1. The largest absolute Gasteiger partial charge is 0.463 e. The highest BCUT2D eigenvalue weighted by Crippen LogP contribution is 2.05. The SMILES string of the molecule is CC(Br)COC(=O)C1CCN1. The molecule has 2 atom stereocenters. The summed E-state index contributed by atoms with van der Waals surface area (Å²) in [5.74, 6) is -0.123. The number of hydrogen-bond donors (Lipinski definition) is 1. The number of alkyl halides is 1. The van der Waals surface area contributed by atoms with E-state index in [0.717, 1.165) is 13.0 Å². The van der Waals surface area contributed by atoms with Crippen LogP contribution in [0.25, 0.3) is 0 Å². The van der Waals surface area contributed by atoms with Crippen molar-refractivity contribution >= 4 is 21.9 Å². The van der Waals surface area contributed by atoms with Crippen molar-refractivity contribution in [3.63, 3.8) is 0 Å². The molecule has 0 saturated carbocycles. The van der Waals surface area contributed by atoms with Gasteiger partial charge in [-0.05, 0) is 19.9 Å². The molecule has 0 spiro atoms. The van der Waals surface area contributed by atoms with Gasteiger partial charge in [-0.1, -0.05) is 15.9 Å². The van der Waals surface area contributed by atoms with Crippen molar-refractivity contribution in [3.8, 4) is 0 Å². The van der Waals surface area contributed by atoms with Crippen molar-refractivity contribution in [1.82, 2.24) is 5.32 Å². The van der Waals surface area contributed by atoms with E-state index >= 15 is 0 Å². The highest BCUT2D eigenvalue weighted by Gasteiger charge is 2.25. The standard InChI is InChI=1S/C7H12BrNO2/c1-5(8)4-11-7(10)6-2-3-9-6/h5-6,9H,2-4H2,1H3. The smallest absolute Gasteiger partial charge is 0.323 e. The van der Waals surface area contributed by atoms with Crippen LogP contribution in [0.5, 0.6) is 0 Å². The Bertz CT molecular complexity index is 145. The van der Waals surface area contributed by atoms with Crippen molar-refractivity contribution in [2.75, 3.05) is 13.2 Å². The normalized spacial score (nSPS) is 25.5. The number of carbonyl (C=O) groups excluding carboxylic acids is 1. The molecule has 0 aromatic carbocycles. The summed E-state index contributed by atoms with van der Waals surface area (Å²) < 4.78 is 4.96. The molecule has 1 aliphatic heterocycles. The Kier molecular flexibility index (Phi) is 3.33. The molecule has 1 aliphatic rings. The Balaban J connectivity index is 2.10. The molecule has 1 saturated heterocycles. The molecule has 1 N–H and O–H groups in total. The Morgan fingerprint density at radius 1 is 1.91 bits per heavy atom. The van der Waals surface area contributed by atoms with Gasteiger partial charge in [0.15, 0.2) is 0 Å². The molecule has 1 heterocycles. The molecule has 0 aromatic rings. The van der Waals surface area contributed by atoms with Crippen molar-refractivity contribution in [1.29, 1.82) is 0 Å². The van der Waals surface area contributed by atoms with Crippen LogP contribution in [0.15, 0.2) is 0 Å². The van der Waals surface area contributed by atoms with Gasteiger partial charge in [0.1, 0.15) is 12.6 Å². The summed E-state index contributed by atoms with van der Waals surface area (Å²) in [5, 5.41) is 2.98. The van der Waals surface area contributed by atoms with Crippen molar-refractivity contribution < 1.29 is 9.53 Å². The second kappa shape index (κ2) is 4.07. The highest BCUT2D eigenvalue weighted by atomic mass is 79.9. The fourth-order valence-electron chi connectivity index (χ4n) is 0.787. The van der Waals surface area contributed by atoms with Crippen LogP contribution >= 0.6 is 15.9 Å². The Hall–Kier alpha value is -0.0900. The summed E-state index contributed by atoms with van der Waals surface area (Å²) >= 11 is 3.29. The minimum atomic E-state index is -0.123. The maximum Gasteiger partial charge on any atom is 0.323 e. The van der Waals surface area contributed by atoms with Gasteiger partial charge in [-0.25, -0.2) is 0 Å². The van der Waals surface area contributed by atoms with E-state index in [9.17, 15) is 4.79 Å². The first kappa shape index (κ1) is 9.00. The molecular formula is C7H12BrNO2. The summed E-state index contributed by atoms with van der Waals surface area (Å²) in [5.41, 5.74) is 0. The van der Waals surface area contributed by atoms with Gasteiger partial charge in [-0.3, -0.25) is 4.79 Å². The number of rotatable bonds is 3. The van der Waals surface area contributed by atoms with Crippen LogP contribution < -0.4 is 5.32 Å². The van der Waals surface area contributed by atoms with Gasteiger partial charge in [0.2, 0.25) is 0 Å². The van der Waals surface area contributed by atoms with E-state index in [1.54, 1.807) is 0 Å². The first-order chi connectivity index (χ1) is 5.20. The minimum absolute atomic E-state index is 0.0405. The number of halogens is 1. The number of carbonyl (C=O) groups is 1. The van der Waals surface area contributed by atoms with Crippen LogP contribution in [0.2, 0.25) is 0 Å². The number of nitrogens with one attached hydrogen (secondary N) is 1. The monoisotopic (exact) mass is 221 g/mol. The van der Waals surface area contributed by atoms with Gasteiger partial charge >= 0.3 is 5.97 Å². The molecule has 4 heteroatoms. The second-order valence-corrected chi connectivity index (χ2v) is 4.27. The lowest BCUT2D eigenvalue weighted by Gasteiger charge is -2.25. The van der Waals surface area contributed by atoms with Crippen LogP contribution in [0.4, 0.5) is 0 Å². The Morgan fingerprint density at radius 3 is 2.91 bits per heavy atom. The van der Waals surface area contributed by atoms with E-state index in [1.807, 2.05) is 6.92 Å². The maximum absolute atomic E-state index is 11.0. The summed E-state index contributed by atoms with van der Waals surface area (Å²) in [4.78, 5) is 11.3. The summed E-state index contributed by atoms with van der Waals surface area (Å²) in [6, 6.07) is -0.0405. The molecule has 1 fully saturated rings. The second-order valence-electron chi connectivity index (χ2n) is 2.71. The molecule has 2 unspecified atom stereocenters. The highest BCUT2D eigenvalue weighted by molar-refractivity contribution is 9.09. The van der Waals surface area contributed by atoms with Gasteiger partial charge in [0.25, 0.3) is 0 Å². The van der Waals surface area contributed by atoms with E-state index in [0.29, 0.717) is 6.61 Å². The predicted molar refractivity (Wildman–Crippen MR) is 45.8 cm³/mol. The van der Waals surface area contributed by atoms with Crippen molar-refractivity contribution in [3.05, 3.63) is 0 Å². The first-order valence-corrected chi connectivity index (χ1v) is 4.66. The third kappa shape index (κ3) is 2.79. The third-order valence-corrected chi connectivity index (χ3v) is 1.83. The van der Waals surface area contributed by atoms with Crippen LogP contribution in [-0.4, -0.2) is 30.0 Å². The van der Waals surface area contributed by atoms with E-state index in [1.165, 1.54) is 0 Å². The maximum atomic E-state index is 11.0. The van der Waals surface area contributed by atoms with E-state index < -0.39 is 0 Å². The molecule has 3 nitrogen and oxygen atoms in total. The molecular weight excluding hydrogens is 210 g/mol. The van der Waals surface area contributed by atoms with Gasteiger partial charge < -0.3 is 10.1 Å². The number of esters is 1. The van der Waals surface area contributed by atoms with E-state index in [4.69, 9.17) is 4.74 Å². The average molecular weight is 222 g/mol. The van der Waals surface area contributed by atoms with Gasteiger partial charge in [-0.2, -0.15) is 0 Å². The fourth-order valence-corrected chi connectivity index (χ4v) is 0.920. The zero-order chi connectivity index (χ0) is 8.27. The molecule has 0 radical (unpaired) electrons. The zero-order valence-corrected chi connectivity index (χ0v) is 8.06. The molecule has 0 bridgehead atoms. The topological polar surface area (TPSA) is 38.3 Å². The minimum Gasteiger partial charge on any atom is -0.463 e. The predicted octanol–water partition coefficient (Wildman–Crippen LogP) is 0.675. The summed E-state index contributed by atoms with van der Waals surface area (Å²) in [7, 11) is 0. The first-order valence-electron chi connectivity index (χ1n) is 3.74. The van der Waals surface area contributed by atoms with Crippen LogP contribution in [0.3, 0.4) is 0 Å². The molecule has 64 valence electrons. The Labute approximate surface area is 74.6 Å². The van der Waals surface area contributed by atoms with Gasteiger partial charge in [-0.15, -0.1) is 0 Å². The fraction of sp³-hybridized carbons (Fsp3) is 0.857. The molecule has 0 aromatic heterocycles. The Morgan fingerprint density at radius 2 is 2.55 bits per heavy atom. The van der Waals surface area contributed by atoms with E-state index in [-0.39, 0.29) is 16.8 Å². The van der Waals surface area contributed by atoms with Gasteiger partial charge in [0, 0.05) is 4.83 Å². The van der Waals surface area contributed by atoms with Crippen LogP contribution in [0, 0.1) is 0 Å². The zero-order valence-electron chi connectivity index (χ0n) is 6.47. The lowest BCUT2D eigenvalue weighted by atomic mass is 10.1. The molecule has 0 aliphatic carbocycles. The third-order valence-electron chi connectivity index (χ3n) is 1.56. The molecule has 11 heavy (non-hydrogen) atoms. The number of hydrogen-bond acceptors (Lipinski definition) is 3. The van der Waals surface area contributed by atoms with Crippen molar-refractivity contribution in [2.24, 2.45) is 0 Å². The van der Waals surface area contributed by atoms with Crippen molar-refractivity contribution in [2.45, 2.75) is 24.2 Å². The quantitative estimate of drug-likeness (QED) is 0.563. The average Bonchev–Trinajstić information content (AvgIpc) is 1.79. The van der Waals surface area contributed by atoms with Crippen LogP contribution in [-0.2, 0) is 9.53 Å². The molecule has 1 rings (SSSR count).